The number of nitrogens with zero attached hydrogens (tertiary/aromatic N) is 2. The summed E-state index contributed by atoms with van der Waals surface area (Å²) < 4.78 is 5.46. The van der Waals surface area contributed by atoms with E-state index in [2.05, 4.69) is 29.2 Å². The zero-order valence-electron chi connectivity index (χ0n) is 16.9. The Morgan fingerprint density at radius 1 is 0.931 bits per heavy atom. The van der Waals surface area contributed by atoms with Crippen molar-refractivity contribution in [2.24, 2.45) is 5.92 Å². The second-order valence-corrected chi connectivity index (χ2v) is 7.71. The Kier molecular flexibility index (Phi) is 5.38. The molecular formula is C24H26N2O3. The van der Waals surface area contributed by atoms with E-state index in [-0.39, 0.29) is 11.8 Å². The average Bonchev–Trinajstić information content (AvgIpc) is 2.99. The van der Waals surface area contributed by atoms with Crippen molar-refractivity contribution in [2.45, 2.75) is 19.3 Å². The molecule has 0 spiro atoms. The number of para-hydroxylation sites is 1. The summed E-state index contributed by atoms with van der Waals surface area (Å²) in [6, 6.07) is 17.9. The molecule has 2 aliphatic heterocycles. The molecule has 0 atom stereocenters. The summed E-state index contributed by atoms with van der Waals surface area (Å²) in [5, 5.41) is 0. The van der Waals surface area contributed by atoms with E-state index < -0.39 is 0 Å². The number of imide groups is 1. The van der Waals surface area contributed by atoms with Gasteiger partial charge in [-0.3, -0.25) is 14.5 Å². The van der Waals surface area contributed by atoms with Crippen LogP contribution in [0.2, 0.25) is 0 Å². The average molecular weight is 390 g/mol. The maximum Gasteiger partial charge on any atom is 0.277 e. The molecule has 2 aromatic carbocycles. The predicted molar refractivity (Wildman–Crippen MR) is 112 cm³/mol. The Morgan fingerprint density at radius 3 is 2.28 bits per heavy atom. The molecule has 0 saturated carbocycles. The highest BCUT2D eigenvalue weighted by molar-refractivity contribution is 6.35. The molecule has 4 rings (SSSR count). The third-order valence-electron chi connectivity index (χ3n) is 5.94. The number of carbonyl (C=O) groups is 2. The number of ether oxygens (including phenoxy) is 1. The topological polar surface area (TPSA) is 49.9 Å². The minimum Gasteiger partial charge on any atom is -0.496 e. The Hall–Kier alpha value is -3.08. The largest absolute Gasteiger partial charge is 0.496 e. The molecule has 150 valence electrons. The highest BCUT2D eigenvalue weighted by Crippen LogP contribution is 2.37. The van der Waals surface area contributed by atoms with Gasteiger partial charge < -0.3 is 9.64 Å². The first-order valence-corrected chi connectivity index (χ1v) is 10.1. The van der Waals surface area contributed by atoms with Crippen LogP contribution in [0.25, 0.3) is 5.57 Å². The van der Waals surface area contributed by atoms with Crippen molar-refractivity contribution in [3.05, 3.63) is 71.4 Å². The van der Waals surface area contributed by atoms with Crippen LogP contribution in [0.3, 0.4) is 0 Å². The van der Waals surface area contributed by atoms with Crippen LogP contribution in [0.15, 0.2) is 60.3 Å². The van der Waals surface area contributed by atoms with E-state index in [9.17, 15) is 9.59 Å². The predicted octanol–water partition coefficient (Wildman–Crippen LogP) is 3.36. The van der Waals surface area contributed by atoms with Gasteiger partial charge in [0.15, 0.2) is 0 Å². The van der Waals surface area contributed by atoms with E-state index in [4.69, 9.17) is 4.74 Å². The molecule has 0 aromatic heterocycles. The number of benzene rings is 2. The van der Waals surface area contributed by atoms with E-state index in [1.165, 1.54) is 10.5 Å². The van der Waals surface area contributed by atoms with Gasteiger partial charge in [0.2, 0.25) is 0 Å². The highest BCUT2D eigenvalue weighted by Gasteiger charge is 2.41. The minimum absolute atomic E-state index is 0.225. The van der Waals surface area contributed by atoms with Crippen LogP contribution < -0.4 is 4.74 Å². The summed E-state index contributed by atoms with van der Waals surface area (Å²) in [7, 11) is 3.13. The number of methoxy groups -OCH3 is 1. The van der Waals surface area contributed by atoms with Gasteiger partial charge in [0.25, 0.3) is 11.8 Å². The third kappa shape index (κ3) is 3.65. The molecular weight excluding hydrogens is 364 g/mol. The van der Waals surface area contributed by atoms with Crippen LogP contribution >= 0.6 is 0 Å². The summed E-state index contributed by atoms with van der Waals surface area (Å²) in [5.74, 6) is 0.711. The van der Waals surface area contributed by atoms with Gasteiger partial charge in [-0.25, -0.2) is 0 Å². The van der Waals surface area contributed by atoms with Gasteiger partial charge in [-0.2, -0.15) is 0 Å². The first-order valence-electron chi connectivity index (χ1n) is 10.1. The van der Waals surface area contributed by atoms with Crippen LogP contribution in [0.1, 0.15) is 24.0 Å². The number of hydrogen-bond donors (Lipinski definition) is 0. The monoisotopic (exact) mass is 390 g/mol. The Labute approximate surface area is 171 Å². The molecule has 1 fully saturated rings. The maximum absolute atomic E-state index is 12.9. The van der Waals surface area contributed by atoms with Crippen LogP contribution in [-0.2, 0) is 16.0 Å². The van der Waals surface area contributed by atoms with Gasteiger partial charge in [-0.1, -0.05) is 48.5 Å². The van der Waals surface area contributed by atoms with Crippen LogP contribution in [0.4, 0.5) is 0 Å². The number of likely N-dealkylation sites (tertiary alicyclic amines) is 1. The Morgan fingerprint density at radius 2 is 1.59 bits per heavy atom. The van der Waals surface area contributed by atoms with Gasteiger partial charge >= 0.3 is 0 Å². The highest BCUT2D eigenvalue weighted by atomic mass is 16.5. The number of carbonyl (C=O) groups excluding carboxylic acids is 2. The Balaban J connectivity index is 1.59. The third-order valence-corrected chi connectivity index (χ3v) is 5.94. The molecule has 0 unspecified atom stereocenters. The lowest BCUT2D eigenvalue weighted by atomic mass is 9.89. The zero-order valence-corrected chi connectivity index (χ0v) is 16.9. The summed E-state index contributed by atoms with van der Waals surface area (Å²) >= 11 is 0. The van der Waals surface area contributed by atoms with E-state index in [0.717, 1.165) is 32.4 Å². The van der Waals surface area contributed by atoms with Crippen molar-refractivity contribution in [2.75, 3.05) is 27.2 Å². The van der Waals surface area contributed by atoms with Crippen molar-refractivity contribution < 1.29 is 14.3 Å². The normalized spacial score (nSPS) is 18.0. The van der Waals surface area contributed by atoms with Gasteiger partial charge in [0.05, 0.1) is 12.7 Å². The summed E-state index contributed by atoms with van der Waals surface area (Å²) in [5.41, 5.74) is 3.00. The lowest BCUT2D eigenvalue weighted by Gasteiger charge is -2.34. The fraction of sp³-hybridized carbons (Fsp3) is 0.333. The molecule has 0 N–H and O–H groups in total. The van der Waals surface area contributed by atoms with E-state index in [1.54, 1.807) is 14.2 Å². The van der Waals surface area contributed by atoms with Crippen LogP contribution in [0.5, 0.6) is 5.75 Å². The molecule has 29 heavy (non-hydrogen) atoms. The number of rotatable bonds is 5. The first-order chi connectivity index (χ1) is 14.1. The lowest BCUT2D eigenvalue weighted by molar-refractivity contribution is -0.136. The fourth-order valence-electron chi connectivity index (χ4n) is 4.32. The SMILES string of the molecule is COc1ccccc1C1=C(N2CCC(Cc3ccccc3)CC2)C(=O)N(C)C1=O. The molecule has 2 aliphatic rings. The molecule has 5 heteroatoms. The van der Waals surface area contributed by atoms with Gasteiger partial charge in [-0.15, -0.1) is 0 Å². The quantitative estimate of drug-likeness (QED) is 0.735. The standard InChI is InChI=1S/C24H26N2O3/c1-25-23(27)21(19-10-6-7-11-20(19)29-2)22(24(25)28)26-14-12-18(13-15-26)16-17-8-4-3-5-9-17/h3-11,18H,12-16H2,1-2H3. The van der Waals surface area contributed by atoms with Gasteiger partial charge in [-0.05, 0) is 36.8 Å². The first kappa shape index (κ1) is 19.2. The second-order valence-electron chi connectivity index (χ2n) is 7.71. The van der Waals surface area contributed by atoms with Gasteiger partial charge in [0, 0.05) is 25.7 Å². The second kappa shape index (κ2) is 8.11. The van der Waals surface area contributed by atoms with E-state index >= 15 is 0 Å². The van der Waals surface area contributed by atoms with Crippen molar-refractivity contribution >= 4 is 17.4 Å². The van der Waals surface area contributed by atoms with Crippen molar-refractivity contribution in [3.8, 4) is 5.75 Å². The molecule has 0 radical (unpaired) electrons. The van der Waals surface area contributed by atoms with Crippen molar-refractivity contribution in [1.29, 1.82) is 0 Å². The molecule has 0 aliphatic carbocycles. The lowest BCUT2D eigenvalue weighted by Crippen LogP contribution is -2.38. The van der Waals surface area contributed by atoms with Crippen molar-refractivity contribution in [3.63, 3.8) is 0 Å². The fourth-order valence-corrected chi connectivity index (χ4v) is 4.32. The Bertz CT molecular complexity index is 944. The molecule has 5 nitrogen and oxygen atoms in total. The molecule has 1 saturated heterocycles. The van der Waals surface area contributed by atoms with Crippen LogP contribution in [-0.4, -0.2) is 48.9 Å². The number of amides is 2. The summed E-state index contributed by atoms with van der Waals surface area (Å²) in [6.07, 6.45) is 3.06. The zero-order chi connectivity index (χ0) is 20.4. The minimum atomic E-state index is -0.263. The number of piperidine rings is 1. The molecule has 2 amide bonds. The van der Waals surface area contributed by atoms with Gasteiger partial charge in [0.1, 0.15) is 11.4 Å². The maximum atomic E-state index is 12.9. The van der Waals surface area contributed by atoms with E-state index in [0.29, 0.717) is 28.5 Å². The number of hydrogen-bond acceptors (Lipinski definition) is 4. The summed E-state index contributed by atoms with van der Waals surface area (Å²) in [6.45, 7) is 1.55. The van der Waals surface area contributed by atoms with Crippen molar-refractivity contribution in [1.82, 2.24) is 9.80 Å². The van der Waals surface area contributed by atoms with E-state index in [1.807, 2.05) is 30.3 Å². The number of likely N-dealkylation sites (N-methyl/N-ethyl adjacent to an activating group) is 1. The smallest absolute Gasteiger partial charge is 0.277 e. The molecule has 2 aromatic rings. The molecule has 0 bridgehead atoms. The molecule has 2 heterocycles. The van der Waals surface area contributed by atoms with Crippen LogP contribution in [0, 0.1) is 5.92 Å². The summed E-state index contributed by atoms with van der Waals surface area (Å²) in [4.78, 5) is 29.1.